The van der Waals surface area contributed by atoms with Gasteiger partial charge in [-0.1, -0.05) is 0 Å². The van der Waals surface area contributed by atoms with Crippen LogP contribution in [-0.2, 0) is 9.59 Å². The molecule has 0 aliphatic carbocycles. The minimum absolute atomic E-state index is 0.0271. The number of rotatable bonds is 3. The molecule has 0 saturated carbocycles. The Morgan fingerprint density at radius 3 is 2.62 bits per heavy atom. The second-order valence-corrected chi connectivity index (χ2v) is 2.56. The van der Waals surface area contributed by atoms with E-state index in [0.29, 0.717) is 4.90 Å². The molecule has 0 bridgehead atoms. The molecule has 0 spiro atoms. The van der Waals surface area contributed by atoms with Gasteiger partial charge in [-0.05, 0) is 0 Å². The first kappa shape index (κ1) is 9.46. The number of aliphatic carboxylic acids is 1. The second-order valence-electron chi connectivity index (χ2n) is 2.56. The molecule has 0 aromatic carbocycles. The summed E-state index contributed by atoms with van der Waals surface area (Å²) in [6.07, 6.45) is 0. The zero-order chi connectivity index (χ0) is 10.0. The Hall–Kier alpha value is -1.63. The molecule has 0 radical (unpaired) electrons. The number of nitrogens with two attached hydrogens (primary N) is 1. The number of urea groups is 1. The summed E-state index contributed by atoms with van der Waals surface area (Å²) in [6.45, 7) is -0.651. The van der Waals surface area contributed by atoms with Gasteiger partial charge in [0.05, 0.1) is 0 Å². The molecule has 1 saturated heterocycles. The number of carbonyl (C=O) groups excluding carboxylic acids is 2. The summed E-state index contributed by atoms with van der Waals surface area (Å²) in [6, 6.07) is -1.49. The first-order valence-corrected chi connectivity index (χ1v) is 3.60. The van der Waals surface area contributed by atoms with Gasteiger partial charge in [0.25, 0.3) is 5.91 Å². The van der Waals surface area contributed by atoms with Crippen molar-refractivity contribution in [2.45, 2.75) is 6.04 Å². The molecule has 72 valence electrons. The highest BCUT2D eigenvalue weighted by Gasteiger charge is 2.37. The van der Waals surface area contributed by atoms with E-state index >= 15 is 0 Å². The Morgan fingerprint density at radius 2 is 2.23 bits per heavy atom. The summed E-state index contributed by atoms with van der Waals surface area (Å²) in [5, 5.41) is 10.6. The summed E-state index contributed by atoms with van der Waals surface area (Å²) in [4.78, 5) is 33.0. The summed E-state index contributed by atoms with van der Waals surface area (Å²) in [5.74, 6) is -1.82. The molecular formula is C6H9N3O4. The Balaban J connectivity index is 2.70. The van der Waals surface area contributed by atoms with Gasteiger partial charge in [-0.3, -0.25) is 14.5 Å². The molecule has 0 unspecified atom stereocenters. The number of carboxylic acids is 1. The Morgan fingerprint density at radius 1 is 1.62 bits per heavy atom. The van der Waals surface area contributed by atoms with E-state index in [1.807, 2.05) is 0 Å². The Labute approximate surface area is 73.5 Å². The third-order valence-corrected chi connectivity index (χ3v) is 1.64. The van der Waals surface area contributed by atoms with Crippen molar-refractivity contribution in [1.82, 2.24) is 10.2 Å². The van der Waals surface area contributed by atoms with Crippen LogP contribution in [0.25, 0.3) is 0 Å². The van der Waals surface area contributed by atoms with E-state index in [9.17, 15) is 14.4 Å². The number of imide groups is 1. The zero-order valence-electron chi connectivity index (χ0n) is 6.69. The van der Waals surface area contributed by atoms with Gasteiger partial charge < -0.3 is 16.2 Å². The molecule has 0 aromatic rings. The van der Waals surface area contributed by atoms with Crippen molar-refractivity contribution in [3.8, 4) is 0 Å². The summed E-state index contributed by atoms with van der Waals surface area (Å²) < 4.78 is 0. The lowest BCUT2D eigenvalue weighted by Crippen LogP contribution is -2.38. The number of carboxylic acid groups (broad SMARTS) is 1. The zero-order valence-corrected chi connectivity index (χ0v) is 6.69. The van der Waals surface area contributed by atoms with Crippen molar-refractivity contribution in [2.24, 2.45) is 5.73 Å². The third-order valence-electron chi connectivity index (χ3n) is 1.64. The van der Waals surface area contributed by atoms with Gasteiger partial charge in [-0.2, -0.15) is 0 Å². The fourth-order valence-electron chi connectivity index (χ4n) is 1.02. The molecule has 1 atom stereocenters. The van der Waals surface area contributed by atoms with Crippen LogP contribution in [0.4, 0.5) is 4.79 Å². The standard InChI is InChI=1S/C6H9N3O4/c7-1-3-5(12)9(2-4(10)11)6(13)8-3/h3H,1-2,7H2,(H,8,13)(H,10,11)/t3-/m0/s1. The summed E-state index contributed by atoms with van der Waals surface area (Å²) in [5.41, 5.74) is 5.17. The fraction of sp³-hybridized carbons (Fsp3) is 0.500. The van der Waals surface area contributed by atoms with Crippen molar-refractivity contribution in [2.75, 3.05) is 13.1 Å². The topological polar surface area (TPSA) is 113 Å². The molecule has 1 rings (SSSR count). The van der Waals surface area contributed by atoms with Crippen LogP contribution >= 0.6 is 0 Å². The highest BCUT2D eigenvalue weighted by atomic mass is 16.4. The minimum Gasteiger partial charge on any atom is -0.480 e. The van der Waals surface area contributed by atoms with Crippen LogP contribution < -0.4 is 11.1 Å². The molecule has 1 aliphatic rings. The first-order chi connectivity index (χ1) is 6.06. The molecule has 7 nitrogen and oxygen atoms in total. The predicted molar refractivity (Wildman–Crippen MR) is 40.7 cm³/mol. The SMILES string of the molecule is NC[C@@H]1NC(=O)N(CC(=O)O)C1=O. The number of nitrogens with zero attached hydrogens (tertiary/aromatic N) is 1. The molecule has 0 aromatic heterocycles. The average Bonchev–Trinajstić information content (AvgIpc) is 2.31. The van der Waals surface area contributed by atoms with E-state index < -0.39 is 30.5 Å². The molecule has 1 fully saturated rings. The van der Waals surface area contributed by atoms with Gasteiger partial charge in [-0.15, -0.1) is 0 Å². The van der Waals surface area contributed by atoms with Crippen LogP contribution in [0.3, 0.4) is 0 Å². The van der Waals surface area contributed by atoms with E-state index in [1.54, 1.807) is 0 Å². The van der Waals surface area contributed by atoms with E-state index in [-0.39, 0.29) is 6.54 Å². The number of nitrogens with one attached hydrogen (secondary N) is 1. The maximum atomic E-state index is 11.2. The van der Waals surface area contributed by atoms with Crippen molar-refractivity contribution >= 4 is 17.9 Å². The highest BCUT2D eigenvalue weighted by Crippen LogP contribution is 2.04. The predicted octanol–water partition coefficient (Wildman–Crippen LogP) is -2.05. The minimum atomic E-state index is -1.24. The van der Waals surface area contributed by atoms with Crippen LogP contribution in [0.1, 0.15) is 0 Å². The summed E-state index contributed by atoms with van der Waals surface area (Å²) in [7, 11) is 0. The van der Waals surface area contributed by atoms with Crippen molar-refractivity contribution in [1.29, 1.82) is 0 Å². The highest BCUT2D eigenvalue weighted by molar-refractivity contribution is 6.06. The van der Waals surface area contributed by atoms with Gasteiger partial charge in [0.1, 0.15) is 12.6 Å². The van der Waals surface area contributed by atoms with Crippen molar-refractivity contribution < 1.29 is 19.5 Å². The first-order valence-electron chi connectivity index (χ1n) is 3.60. The lowest BCUT2D eigenvalue weighted by atomic mass is 10.3. The lowest BCUT2D eigenvalue weighted by Gasteiger charge is -2.08. The number of amides is 3. The van der Waals surface area contributed by atoms with Gasteiger partial charge in [-0.25, -0.2) is 4.79 Å². The quantitative estimate of drug-likeness (QED) is 0.440. The number of hydrogen-bond acceptors (Lipinski definition) is 4. The Bertz CT molecular complexity index is 265. The van der Waals surface area contributed by atoms with Gasteiger partial charge in [0.2, 0.25) is 0 Å². The van der Waals surface area contributed by atoms with E-state index in [0.717, 1.165) is 0 Å². The monoisotopic (exact) mass is 187 g/mol. The maximum Gasteiger partial charge on any atom is 0.325 e. The number of carbonyl (C=O) groups is 3. The van der Waals surface area contributed by atoms with Crippen LogP contribution in [-0.4, -0.2) is 47.0 Å². The van der Waals surface area contributed by atoms with E-state index in [2.05, 4.69) is 5.32 Å². The van der Waals surface area contributed by atoms with Gasteiger partial charge in [0, 0.05) is 6.54 Å². The molecule has 4 N–H and O–H groups in total. The Kier molecular flexibility index (Phi) is 2.47. The largest absolute Gasteiger partial charge is 0.480 e. The summed E-state index contributed by atoms with van der Waals surface area (Å²) >= 11 is 0. The molecule has 3 amide bonds. The van der Waals surface area contributed by atoms with Crippen LogP contribution in [0.5, 0.6) is 0 Å². The third kappa shape index (κ3) is 1.75. The smallest absolute Gasteiger partial charge is 0.325 e. The molecule has 13 heavy (non-hydrogen) atoms. The van der Waals surface area contributed by atoms with Crippen LogP contribution in [0.2, 0.25) is 0 Å². The molecule has 1 heterocycles. The van der Waals surface area contributed by atoms with Crippen molar-refractivity contribution in [3.63, 3.8) is 0 Å². The van der Waals surface area contributed by atoms with Crippen molar-refractivity contribution in [3.05, 3.63) is 0 Å². The average molecular weight is 187 g/mol. The maximum absolute atomic E-state index is 11.2. The lowest BCUT2D eigenvalue weighted by molar-refractivity contribution is -0.141. The molecule has 1 aliphatic heterocycles. The number of hydrogen-bond donors (Lipinski definition) is 3. The van der Waals surface area contributed by atoms with E-state index in [4.69, 9.17) is 10.8 Å². The molecular weight excluding hydrogens is 178 g/mol. The van der Waals surface area contributed by atoms with Gasteiger partial charge >= 0.3 is 12.0 Å². The van der Waals surface area contributed by atoms with E-state index in [1.165, 1.54) is 0 Å². The van der Waals surface area contributed by atoms with Crippen LogP contribution in [0.15, 0.2) is 0 Å². The van der Waals surface area contributed by atoms with Crippen LogP contribution in [0, 0.1) is 0 Å². The normalized spacial score (nSPS) is 21.9. The molecule has 7 heteroatoms. The fourth-order valence-corrected chi connectivity index (χ4v) is 1.02. The van der Waals surface area contributed by atoms with Gasteiger partial charge in [0.15, 0.2) is 0 Å². The second kappa shape index (κ2) is 3.40.